The lowest BCUT2D eigenvalue weighted by Gasteiger charge is -2.25. The Morgan fingerprint density at radius 1 is 1.16 bits per heavy atom. The number of ether oxygens (including phenoxy) is 2. The molecule has 1 aromatic rings. The van der Waals surface area contributed by atoms with E-state index >= 15 is 0 Å². The van der Waals surface area contributed by atoms with E-state index in [1.54, 1.807) is 32.4 Å². The maximum Gasteiger partial charge on any atom is 0.245 e. The molecular weight excluding hydrogens is 408 g/mol. The van der Waals surface area contributed by atoms with Crippen molar-refractivity contribution in [2.24, 2.45) is 16.6 Å². The summed E-state index contributed by atoms with van der Waals surface area (Å²) < 4.78 is 10.5. The number of benzene rings is 1. The number of nitrogens with zero attached hydrogens (tertiary/aromatic N) is 1. The molecule has 1 fully saturated rings. The highest BCUT2D eigenvalue weighted by atomic mass is 16.5. The van der Waals surface area contributed by atoms with Gasteiger partial charge in [-0.15, -0.1) is 0 Å². The summed E-state index contributed by atoms with van der Waals surface area (Å²) in [4.78, 5) is 29.8. The first kappa shape index (κ1) is 25.5. The maximum absolute atomic E-state index is 12.9. The first-order valence-electron chi connectivity index (χ1n) is 11.5. The van der Waals surface area contributed by atoms with E-state index < -0.39 is 6.04 Å². The normalized spacial score (nSPS) is 16.7. The highest BCUT2D eigenvalue weighted by Gasteiger charge is 2.24. The van der Waals surface area contributed by atoms with Crippen LogP contribution in [-0.4, -0.2) is 44.1 Å². The molecule has 178 valence electrons. The Kier molecular flexibility index (Phi) is 10.3. The van der Waals surface area contributed by atoms with E-state index in [-0.39, 0.29) is 30.2 Å². The summed E-state index contributed by atoms with van der Waals surface area (Å²) in [6, 6.07) is 4.86. The van der Waals surface area contributed by atoms with Gasteiger partial charge in [0.1, 0.15) is 6.04 Å². The zero-order chi connectivity index (χ0) is 23.5. The number of carbonyl (C=O) groups is 2. The lowest BCUT2D eigenvalue weighted by atomic mass is 9.94. The molecule has 0 heterocycles. The molecular formula is C24H38N4O4. The highest BCUT2D eigenvalue weighted by molar-refractivity contribution is 5.98. The summed E-state index contributed by atoms with van der Waals surface area (Å²) in [5, 5.41) is 5.74. The van der Waals surface area contributed by atoms with Crippen LogP contribution >= 0.6 is 0 Å². The van der Waals surface area contributed by atoms with Crippen LogP contribution in [0.5, 0.6) is 11.5 Å². The fourth-order valence-electron chi connectivity index (χ4n) is 3.87. The van der Waals surface area contributed by atoms with E-state index in [4.69, 9.17) is 15.2 Å². The van der Waals surface area contributed by atoms with Gasteiger partial charge in [-0.2, -0.15) is 0 Å². The minimum atomic E-state index is -0.617. The van der Waals surface area contributed by atoms with Gasteiger partial charge in [0.2, 0.25) is 11.8 Å². The minimum Gasteiger partial charge on any atom is -0.493 e. The first-order valence-corrected chi connectivity index (χ1v) is 11.5. The Morgan fingerprint density at radius 2 is 1.84 bits per heavy atom. The van der Waals surface area contributed by atoms with Crippen molar-refractivity contribution in [3.05, 3.63) is 23.8 Å². The number of aliphatic imine (C=N–C) groups is 1. The highest BCUT2D eigenvalue weighted by Crippen LogP contribution is 2.27. The first-order chi connectivity index (χ1) is 15.4. The Morgan fingerprint density at radius 3 is 2.47 bits per heavy atom. The molecule has 0 saturated heterocycles. The van der Waals surface area contributed by atoms with Crippen LogP contribution in [0.15, 0.2) is 23.2 Å². The molecule has 8 heteroatoms. The summed E-state index contributed by atoms with van der Waals surface area (Å²) in [7, 11) is 3.10. The maximum atomic E-state index is 12.9. The van der Waals surface area contributed by atoms with Crippen molar-refractivity contribution in [2.45, 2.75) is 77.3 Å². The number of amides is 2. The molecule has 2 atom stereocenters. The van der Waals surface area contributed by atoms with Crippen molar-refractivity contribution in [1.29, 1.82) is 0 Å². The molecule has 4 N–H and O–H groups in total. The largest absolute Gasteiger partial charge is 0.493 e. The monoisotopic (exact) mass is 446 g/mol. The number of methoxy groups -OCH3 is 2. The number of nitrogens with two attached hydrogens (primary N) is 1. The second kappa shape index (κ2) is 12.9. The fraction of sp³-hybridized carbons (Fsp3) is 0.625. The Hall–Kier alpha value is -2.77. The van der Waals surface area contributed by atoms with Crippen LogP contribution in [0.2, 0.25) is 0 Å². The van der Waals surface area contributed by atoms with Crippen LogP contribution in [0.1, 0.15) is 64.4 Å². The average Bonchev–Trinajstić information content (AvgIpc) is 2.78. The van der Waals surface area contributed by atoms with Crippen LogP contribution in [0.25, 0.3) is 0 Å². The Bertz CT molecular complexity index is 790. The molecule has 1 aromatic carbocycles. The SMILES string of the molecule is CCC(C)C[C@@H](N=C(N)NC(=O)Cc1ccc(OC)c(OC)c1)C(=O)NC1CCCCC1. The molecule has 0 spiro atoms. The third kappa shape index (κ3) is 8.05. The molecule has 1 aliphatic rings. The molecule has 8 nitrogen and oxygen atoms in total. The molecule has 1 aliphatic carbocycles. The predicted octanol–water partition coefficient (Wildman–Crippen LogP) is 2.93. The third-order valence-corrected chi connectivity index (χ3v) is 5.95. The number of hydrogen-bond acceptors (Lipinski definition) is 5. The van der Waals surface area contributed by atoms with E-state index in [2.05, 4.69) is 29.5 Å². The van der Waals surface area contributed by atoms with Gasteiger partial charge in [0.25, 0.3) is 0 Å². The zero-order valence-corrected chi connectivity index (χ0v) is 19.8. The molecule has 1 unspecified atom stereocenters. The molecule has 2 rings (SSSR count). The summed E-state index contributed by atoms with van der Waals surface area (Å²) in [6.45, 7) is 4.17. The van der Waals surface area contributed by atoms with E-state index in [0.29, 0.717) is 23.8 Å². The summed E-state index contributed by atoms with van der Waals surface area (Å²) >= 11 is 0. The lowest BCUT2D eigenvalue weighted by Crippen LogP contribution is -2.45. The Balaban J connectivity index is 2.02. The van der Waals surface area contributed by atoms with Crippen molar-refractivity contribution in [3.63, 3.8) is 0 Å². The second-order valence-corrected chi connectivity index (χ2v) is 8.54. The smallest absolute Gasteiger partial charge is 0.245 e. The molecule has 2 amide bonds. The molecule has 0 bridgehead atoms. The Labute approximate surface area is 191 Å². The van der Waals surface area contributed by atoms with Gasteiger partial charge < -0.3 is 20.5 Å². The number of carbonyl (C=O) groups excluding carboxylic acids is 2. The summed E-state index contributed by atoms with van der Waals surface area (Å²) in [5.41, 5.74) is 6.76. The summed E-state index contributed by atoms with van der Waals surface area (Å²) in [6.07, 6.45) is 7.12. The number of hydrogen-bond donors (Lipinski definition) is 3. The van der Waals surface area contributed by atoms with Gasteiger partial charge in [0, 0.05) is 6.04 Å². The van der Waals surface area contributed by atoms with Gasteiger partial charge >= 0.3 is 0 Å². The van der Waals surface area contributed by atoms with Gasteiger partial charge in [0.15, 0.2) is 17.5 Å². The van der Waals surface area contributed by atoms with Crippen LogP contribution in [0.3, 0.4) is 0 Å². The fourth-order valence-corrected chi connectivity index (χ4v) is 3.87. The standard InChI is InChI=1S/C24H38N4O4/c1-5-16(2)13-19(23(30)26-18-9-7-6-8-10-18)27-24(25)28-22(29)15-17-11-12-20(31-3)21(14-17)32-4/h11-12,14,16,18-19H,5-10,13,15H2,1-4H3,(H,26,30)(H3,25,27,28,29)/t16?,19-/m1/s1. The number of nitrogens with one attached hydrogen (secondary N) is 2. The number of rotatable bonds is 10. The van der Waals surface area contributed by atoms with Gasteiger partial charge in [0.05, 0.1) is 20.6 Å². The molecule has 32 heavy (non-hydrogen) atoms. The van der Waals surface area contributed by atoms with Crippen LogP contribution in [-0.2, 0) is 16.0 Å². The van der Waals surface area contributed by atoms with E-state index in [9.17, 15) is 9.59 Å². The van der Waals surface area contributed by atoms with Crippen LogP contribution < -0.4 is 25.8 Å². The van der Waals surface area contributed by atoms with Crippen molar-refractivity contribution < 1.29 is 19.1 Å². The van der Waals surface area contributed by atoms with Gasteiger partial charge in [-0.3, -0.25) is 14.9 Å². The topological polar surface area (TPSA) is 115 Å². The number of guanidine groups is 1. The van der Waals surface area contributed by atoms with Crippen LogP contribution in [0.4, 0.5) is 0 Å². The van der Waals surface area contributed by atoms with Crippen molar-refractivity contribution in [1.82, 2.24) is 10.6 Å². The van der Waals surface area contributed by atoms with E-state index in [1.165, 1.54) is 6.42 Å². The van der Waals surface area contributed by atoms with Crippen molar-refractivity contribution in [2.75, 3.05) is 14.2 Å². The minimum absolute atomic E-state index is 0.0393. The average molecular weight is 447 g/mol. The summed E-state index contributed by atoms with van der Waals surface area (Å²) in [5.74, 6) is 0.989. The molecule has 0 aromatic heterocycles. The van der Waals surface area contributed by atoms with E-state index in [0.717, 1.165) is 37.7 Å². The van der Waals surface area contributed by atoms with Gasteiger partial charge in [-0.05, 0) is 42.9 Å². The van der Waals surface area contributed by atoms with Crippen LogP contribution in [0, 0.1) is 5.92 Å². The lowest BCUT2D eigenvalue weighted by molar-refractivity contribution is -0.123. The quantitative estimate of drug-likeness (QED) is 0.378. The third-order valence-electron chi connectivity index (χ3n) is 5.95. The van der Waals surface area contributed by atoms with Crippen molar-refractivity contribution in [3.8, 4) is 11.5 Å². The predicted molar refractivity (Wildman–Crippen MR) is 126 cm³/mol. The second-order valence-electron chi connectivity index (χ2n) is 8.54. The zero-order valence-electron chi connectivity index (χ0n) is 19.8. The molecule has 0 aliphatic heterocycles. The molecule has 0 radical (unpaired) electrons. The van der Waals surface area contributed by atoms with Crippen molar-refractivity contribution >= 4 is 17.8 Å². The van der Waals surface area contributed by atoms with E-state index in [1.807, 2.05) is 0 Å². The van der Waals surface area contributed by atoms with Gasteiger partial charge in [-0.25, -0.2) is 4.99 Å². The molecule has 1 saturated carbocycles. The van der Waals surface area contributed by atoms with Gasteiger partial charge in [-0.1, -0.05) is 45.6 Å².